The van der Waals surface area contributed by atoms with Crippen molar-refractivity contribution in [2.75, 3.05) is 0 Å². The van der Waals surface area contributed by atoms with Crippen molar-refractivity contribution in [2.45, 2.75) is 0 Å². The van der Waals surface area contributed by atoms with Crippen LogP contribution in [0.2, 0.25) is 15.3 Å². The van der Waals surface area contributed by atoms with Gasteiger partial charge in [0, 0.05) is 10.0 Å². The Labute approximate surface area is 127 Å². The Morgan fingerprint density at radius 1 is 1.00 bits per heavy atom. The van der Waals surface area contributed by atoms with Gasteiger partial charge in [0.15, 0.2) is 0 Å². The second-order valence-corrected chi connectivity index (χ2v) is 5.75. The minimum absolute atomic E-state index is 0.137. The minimum atomic E-state index is 0.137. The van der Waals surface area contributed by atoms with Gasteiger partial charge in [0.2, 0.25) is 11.2 Å². The first kappa shape index (κ1) is 12.9. The SMILES string of the molecule is Clc1cc(Cl)cc(Oc2nc(Cl)nc3sccc23)c1. The van der Waals surface area contributed by atoms with E-state index in [-0.39, 0.29) is 5.28 Å². The minimum Gasteiger partial charge on any atom is -0.438 e. The molecule has 96 valence electrons. The molecule has 3 nitrogen and oxygen atoms in total. The van der Waals surface area contributed by atoms with E-state index in [1.54, 1.807) is 18.2 Å². The Morgan fingerprint density at radius 2 is 1.74 bits per heavy atom. The average Bonchev–Trinajstić information content (AvgIpc) is 2.75. The number of halogens is 3. The predicted molar refractivity (Wildman–Crippen MR) is 79.0 cm³/mol. The Balaban J connectivity index is 2.07. The van der Waals surface area contributed by atoms with Gasteiger partial charge in [-0.15, -0.1) is 11.3 Å². The number of rotatable bonds is 2. The molecule has 0 aliphatic heterocycles. The number of aromatic nitrogens is 2. The van der Waals surface area contributed by atoms with Crippen molar-refractivity contribution in [2.24, 2.45) is 0 Å². The van der Waals surface area contributed by atoms with E-state index in [1.807, 2.05) is 11.4 Å². The van der Waals surface area contributed by atoms with E-state index in [0.717, 1.165) is 10.2 Å². The third-order valence-electron chi connectivity index (χ3n) is 2.31. The molecular weight excluding hydrogens is 327 g/mol. The second kappa shape index (κ2) is 5.13. The summed E-state index contributed by atoms with van der Waals surface area (Å²) < 4.78 is 5.69. The van der Waals surface area contributed by atoms with Gasteiger partial charge in [0.25, 0.3) is 0 Å². The van der Waals surface area contributed by atoms with Gasteiger partial charge in [-0.05, 0) is 41.2 Å². The molecule has 3 rings (SSSR count). The zero-order chi connectivity index (χ0) is 13.4. The molecule has 0 aliphatic carbocycles. The van der Waals surface area contributed by atoms with Crippen molar-refractivity contribution in [1.29, 1.82) is 0 Å². The zero-order valence-corrected chi connectivity index (χ0v) is 12.3. The third kappa shape index (κ3) is 2.77. The van der Waals surface area contributed by atoms with Crippen molar-refractivity contribution in [3.63, 3.8) is 0 Å². The summed E-state index contributed by atoms with van der Waals surface area (Å²) in [6.07, 6.45) is 0. The van der Waals surface area contributed by atoms with Crippen molar-refractivity contribution in [3.05, 3.63) is 45.0 Å². The number of hydrogen-bond acceptors (Lipinski definition) is 4. The number of fused-ring (bicyclic) bond motifs is 1. The molecule has 0 amide bonds. The van der Waals surface area contributed by atoms with Crippen LogP contribution >= 0.6 is 46.1 Å². The Kier molecular flexibility index (Phi) is 3.50. The highest BCUT2D eigenvalue weighted by Gasteiger charge is 2.10. The van der Waals surface area contributed by atoms with Crippen LogP contribution in [-0.4, -0.2) is 9.97 Å². The molecule has 2 aromatic heterocycles. The maximum absolute atomic E-state index is 5.92. The summed E-state index contributed by atoms with van der Waals surface area (Å²) in [4.78, 5) is 8.96. The van der Waals surface area contributed by atoms with Crippen LogP contribution in [0.5, 0.6) is 11.6 Å². The summed E-state index contributed by atoms with van der Waals surface area (Å²) >= 11 is 19.2. The van der Waals surface area contributed by atoms with E-state index in [2.05, 4.69) is 9.97 Å². The quantitative estimate of drug-likeness (QED) is 0.586. The van der Waals surface area contributed by atoms with Gasteiger partial charge in [-0.1, -0.05) is 23.2 Å². The normalized spacial score (nSPS) is 10.9. The molecule has 0 saturated carbocycles. The van der Waals surface area contributed by atoms with Crippen LogP contribution < -0.4 is 4.74 Å². The lowest BCUT2D eigenvalue weighted by molar-refractivity contribution is 0.468. The molecule has 0 bridgehead atoms. The van der Waals surface area contributed by atoms with Crippen LogP contribution in [-0.2, 0) is 0 Å². The number of ether oxygens (including phenoxy) is 1. The van der Waals surface area contributed by atoms with Gasteiger partial charge in [0.1, 0.15) is 10.6 Å². The highest BCUT2D eigenvalue weighted by atomic mass is 35.5. The zero-order valence-electron chi connectivity index (χ0n) is 9.23. The third-order valence-corrected chi connectivity index (χ3v) is 3.73. The molecule has 0 saturated heterocycles. The molecule has 0 radical (unpaired) electrons. The molecular formula is C12H5Cl3N2OS. The van der Waals surface area contributed by atoms with Crippen LogP contribution in [0.4, 0.5) is 0 Å². The van der Waals surface area contributed by atoms with Crippen LogP contribution in [0.15, 0.2) is 29.6 Å². The molecule has 3 aromatic rings. The smallest absolute Gasteiger partial charge is 0.232 e. The van der Waals surface area contributed by atoms with Crippen molar-refractivity contribution < 1.29 is 4.74 Å². The van der Waals surface area contributed by atoms with Gasteiger partial charge in [-0.25, -0.2) is 4.98 Å². The molecule has 0 fully saturated rings. The highest BCUT2D eigenvalue weighted by molar-refractivity contribution is 7.16. The predicted octanol–water partition coefficient (Wildman–Crippen LogP) is 5.44. The van der Waals surface area contributed by atoms with Gasteiger partial charge in [-0.2, -0.15) is 4.98 Å². The van der Waals surface area contributed by atoms with Gasteiger partial charge < -0.3 is 4.74 Å². The van der Waals surface area contributed by atoms with E-state index >= 15 is 0 Å². The summed E-state index contributed by atoms with van der Waals surface area (Å²) in [6, 6.07) is 6.81. The van der Waals surface area contributed by atoms with Crippen LogP contribution in [0.1, 0.15) is 0 Å². The monoisotopic (exact) mass is 330 g/mol. The molecule has 0 atom stereocenters. The van der Waals surface area contributed by atoms with Crippen LogP contribution in [0.25, 0.3) is 10.2 Å². The summed E-state index contributed by atoms with van der Waals surface area (Å²) in [5, 5.41) is 3.81. The Morgan fingerprint density at radius 3 is 2.47 bits per heavy atom. The first-order chi connectivity index (χ1) is 9.11. The van der Waals surface area contributed by atoms with E-state index in [0.29, 0.717) is 21.7 Å². The van der Waals surface area contributed by atoms with Gasteiger partial charge in [0.05, 0.1) is 5.39 Å². The first-order valence-electron chi connectivity index (χ1n) is 5.16. The van der Waals surface area contributed by atoms with Crippen molar-refractivity contribution >= 4 is 56.4 Å². The second-order valence-electron chi connectivity index (χ2n) is 3.64. The van der Waals surface area contributed by atoms with Gasteiger partial charge in [-0.3, -0.25) is 0 Å². The summed E-state index contributed by atoms with van der Waals surface area (Å²) in [6.45, 7) is 0. The number of nitrogens with zero attached hydrogens (tertiary/aromatic N) is 2. The van der Waals surface area contributed by atoms with Gasteiger partial charge >= 0.3 is 0 Å². The van der Waals surface area contributed by atoms with Crippen molar-refractivity contribution in [3.8, 4) is 11.6 Å². The topological polar surface area (TPSA) is 35.0 Å². The summed E-state index contributed by atoms with van der Waals surface area (Å²) in [5.41, 5.74) is 0. The highest BCUT2D eigenvalue weighted by Crippen LogP contribution is 2.33. The fourth-order valence-electron chi connectivity index (χ4n) is 1.58. The van der Waals surface area contributed by atoms with Crippen LogP contribution in [0, 0.1) is 0 Å². The van der Waals surface area contributed by atoms with E-state index < -0.39 is 0 Å². The molecule has 0 N–H and O–H groups in total. The maximum atomic E-state index is 5.92. The lowest BCUT2D eigenvalue weighted by atomic mass is 10.3. The Hall–Kier alpha value is -1.07. The van der Waals surface area contributed by atoms with E-state index in [4.69, 9.17) is 39.5 Å². The van der Waals surface area contributed by atoms with E-state index in [9.17, 15) is 0 Å². The molecule has 2 heterocycles. The average molecular weight is 332 g/mol. The maximum Gasteiger partial charge on any atom is 0.232 e. The molecule has 7 heteroatoms. The number of thiophene rings is 1. The molecule has 19 heavy (non-hydrogen) atoms. The standard InChI is InChI=1S/C12H5Cl3N2OS/c13-6-3-7(14)5-8(4-6)18-10-9-1-2-19-11(9)17-12(15)16-10/h1-5H. The molecule has 0 spiro atoms. The lowest BCUT2D eigenvalue weighted by Gasteiger charge is -2.07. The molecule has 1 aromatic carbocycles. The molecule has 0 unspecified atom stereocenters. The fraction of sp³-hybridized carbons (Fsp3) is 0. The Bertz CT molecular complexity index is 740. The summed E-state index contributed by atoms with van der Waals surface area (Å²) in [7, 11) is 0. The molecule has 0 aliphatic rings. The fourth-order valence-corrected chi connectivity index (χ4v) is 3.05. The van der Waals surface area contributed by atoms with Crippen molar-refractivity contribution in [1.82, 2.24) is 9.97 Å². The number of hydrogen-bond donors (Lipinski definition) is 0. The lowest BCUT2D eigenvalue weighted by Crippen LogP contribution is -1.91. The first-order valence-corrected chi connectivity index (χ1v) is 7.18. The largest absolute Gasteiger partial charge is 0.438 e. The summed E-state index contributed by atoms with van der Waals surface area (Å²) in [5.74, 6) is 0.884. The van der Waals surface area contributed by atoms with E-state index in [1.165, 1.54) is 11.3 Å². The van der Waals surface area contributed by atoms with Crippen LogP contribution in [0.3, 0.4) is 0 Å². The number of benzene rings is 1.